The summed E-state index contributed by atoms with van der Waals surface area (Å²) in [7, 11) is 0. The van der Waals surface area contributed by atoms with Crippen molar-refractivity contribution < 1.29 is 14.3 Å². The number of hydrogen-bond acceptors (Lipinski definition) is 4. The second-order valence-electron chi connectivity index (χ2n) is 5.45. The molecule has 1 saturated heterocycles. The summed E-state index contributed by atoms with van der Waals surface area (Å²) < 4.78 is 11.3. The fourth-order valence-electron chi connectivity index (χ4n) is 2.40. The lowest BCUT2D eigenvalue weighted by Gasteiger charge is -2.14. The van der Waals surface area contributed by atoms with Crippen LogP contribution in [-0.2, 0) is 4.74 Å². The average Bonchev–Trinajstić information content (AvgIpc) is 3.06. The highest BCUT2D eigenvalue weighted by molar-refractivity contribution is 5.96. The van der Waals surface area contributed by atoms with E-state index in [2.05, 4.69) is 17.6 Å². The van der Waals surface area contributed by atoms with E-state index in [1.54, 1.807) is 6.07 Å². The molecule has 1 aromatic carbocycles. The maximum absolute atomic E-state index is 12.2. The van der Waals surface area contributed by atoms with Crippen molar-refractivity contribution >= 4 is 18.3 Å². The number of nitrogens with one attached hydrogen (secondary N) is 2. The lowest BCUT2D eigenvalue weighted by atomic mass is 10.2. The predicted octanol–water partition coefficient (Wildman–Crippen LogP) is 2.40. The SMILES string of the molecule is CCCNCCNC(=O)c1ccccc1OCC1CCCO1.Cl. The third-order valence-corrected chi connectivity index (χ3v) is 3.59. The van der Waals surface area contributed by atoms with E-state index in [0.717, 1.165) is 39.0 Å². The molecule has 1 fully saturated rings. The molecule has 1 aliphatic heterocycles. The maximum atomic E-state index is 12.2. The smallest absolute Gasteiger partial charge is 0.255 e. The summed E-state index contributed by atoms with van der Waals surface area (Å²) in [5.74, 6) is 0.526. The van der Waals surface area contributed by atoms with E-state index in [-0.39, 0.29) is 24.4 Å². The van der Waals surface area contributed by atoms with E-state index in [9.17, 15) is 4.79 Å². The van der Waals surface area contributed by atoms with E-state index in [1.165, 1.54) is 0 Å². The second-order valence-corrected chi connectivity index (χ2v) is 5.45. The van der Waals surface area contributed by atoms with Crippen LogP contribution in [0.2, 0.25) is 0 Å². The first kappa shape index (κ1) is 19.7. The van der Waals surface area contributed by atoms with Gasteiger partial charge in [0.15, 0.2) is 0 Å². The monoisotopic (exact) mass is 342 g/mol. The predicted molar refractivity (Wildman–Crippen MR) is 93.7 cm³/mol. The van der Waals surface area contributed by atoms with Gasteiger partial charge >= 0.3 is 0 Å². The van der Waals surface area contributed by atoms with Gasteiger partial charge in [-0.2, -0.15) is 0 Å². The molecular weight excluding hydrogens is 316 g/mol. The first-order valence-electron chi connectivity index (χ1n) is 8.13. The highest BCUT2D eigenvalue weighted by Gasteiger charge is 2.18. The van der Waals surface area contributed by atoms with Gasteiger partial charge in [0.1, 0.15) is 12.4 Å². The molecule has 0 aliphatic carbocycles. The van der Waals surface area contributed by atoms with E-state index < -0.39 is 0 Å². The van der Waals surface area contributed by atoms with Crippen LogP contribution in [0.15, 0.2) is 24.3 Å². The molecule has 1 aliphatic rings. The molecular formula is C17H27ClN2O3. The van der Waals surface area contributed by atoms with Crippen LogP contribution >= 0.6 is 12.4 Å². The molecule has 1 aromatic rings. The molecule has 0 bridgehead atoms. The van der Waals surface area contributed by atoms with Gasteiger partial charge in [-0.15, -0.1) is 12.4 Å². The Labute approximate surface area is 144 Å². The number of halogens is 1. The van der Waals surface area contributed by atoms with Crippen molar-refractivity contribution in [2.75, 3.05) is 32.8 Å². The molecule has 0 saturated carbocycles. The van der Waals surface area contributed by atoms with Crippen molar-refractivity contribution in [2.45, 2.75) is 32.3 Å². The standard InChI is InChI=1S/C17H26N2O3.ClH/c1-2-9-18-10-11-19-17(20)15-7-3-4-8-16(15)22-13-14-6-5-12-21-14;/h3-4,7-8,14,18H,2,5-6,9-13H2,1H3,(H,19,20);1H. The molecule has 130 valence electrons. The van der Waals surface area contributed by atoms with Gasteiger partial charge in [-0.3, -0.25) is 4.79 Å². The zero-order valence-corrected chi connectivity index (χ0v) is 14.5. The molecule has 2 N–H and O–H groups in total. The summed E-state index contributed by atoms with van der Waals surface area (Å²) in [6.45, 7) is 5.78. The van der Waals surface area contributed by atoms with E-state index >= 15 is 0 Å². The Bertz CT molecular complexity index is 465. The van der Waals surface area contributed by atoms with Gasteiger partial charge in [-0.05, 0) is 37.9 Å². The third-order valence-electron chi connectivity index (χ3n) is 3.59. The van der Waals surface area contributed by atoms with Gasteiger partial charge in [0.05, 0.1) is 11.7 Å². The fraction of sp³-hybridized carbons (Fsp3) is 0.588. The Kier molecular flexibility index (Phi) is 9.67. The van der Waals surface area contributed by atoms with Crippen LogP contribution in [0.3, 0.4) is 0 Å². The summed E-state index contributed by atoms with van der Waals surface area (Å²) in [6, 6.07) is 7.35. The highest BCUT2D eigenvalue weighted by atomic mass is 35.5. The molecule has 1 amide bonds. The highest BCUT2D eigenvalue weighted by Crippen LogP contribution is 2.20. The Morgan fingerprint density at radius 2 is 2.13 bits per heavy atom. The van der Waals surface area contributed by atoms with Gasteiger partial charge in [0.25, 0.3) is 5.91 Å². The Hall–Kier alpha value is -1.30. The number of amides is 1. The number of carbonyl (C=O) groups is 1. The number of hydrogen-bond donors (Lipinski definition) is 2. The summed E-state index contributed by atoms with van der Waals surface area (Å²) in [6.07, 6.45) is 3.35. The molecule has 6 heteroatoms. The first-order valence-corrected chi connectivity index (χ1v) is 8.13. The van der Waals surface area contributed by atoms with Crippen molar-refractivity contribution in [3.8, 4) is 5.75 Å². The number of carbonyl (C=O) groups excluding carboxylic acids is 1. The minimum Gasteiger partial charge on any atom is -0.490 e. The summed E-state index contributed by atoms with van der Waals surface area (Å²) in [5.41, 5.74) is 0.580. The Morgan fingerprint density at radius 3 is 2.87 bits per heavy atom. The molecule has 0 aromatic heterocycles. The van der Waals surface area contributed by atoms with Gasteiger partial charge in [0, 0.05) is 19.7 Å². The largest absolute Gasteiger partial charge is 0.490 e. The molecule has 5 nitrogen and oxygen atoms in total. The van der Waals surface area contributed by atoms with Crippen LogP contribution in [0.5, 0.6) is 5.75 Å². The average molecular weight is 343 g/mol. The van der Waals surface area contributed by atoms with Crippen LogP contribution in [0.4, 0.5) is 0 Å². The molecule has 1 heterocycles. The lowest BCUT2D eigenvalue weighted by molar-refractivity contribution is 0.0670. The third kappa shape index (κ3) is 6.77. The Morgan fingerprint density at radius 1 is 1.30 bits per heavy atom. The van der Waals surface area contributed by atoms with E-state index in [0.29, 0.717) is 24.5 Å². The zero-order valence-electron chi connectivity index (χ0n) is 13.7. The number of rotatable bonds is 9. The van der Waals surface area contributed by atoms with Crippen LogP contribution in [0.25, 0.3) is 0 Å². The van der Waals surface area contributed by atoms with E-state index in [4.69, 9.17) is 9.47 Å². The van der Waals surface area contributed by atoms with Gasteiger partial charge in [0.2, 0.25) is 0 Å². The topological polar surface area (TPSA) is 59.6 Å². The maximum Gasteiger partial charge on any atom is 0.255 e. The molecule has 0 radical (unpaired) electrons. The lowest BCUT2D eigenvalue weighted by Crippen LogP contribution is -2.32. The summed E-state index contributed by atoms with van der Waals surface area (Å²) in [5, 5.41) is 6.17. The molecule has 0 spiro atoms. The number of ether oxygens (including phenoxy) is 2. The van der Waals surface area contributed by atoms with Crippen LogP contribution < -0.4 is 15.4 Å². The quantitative estimate of drug-likeness (QED) is 0.676. The van der Waals surface area contributed by atoms with E-state index in [1.807, 2.05) is 18.2 Å². The van der Waals surface area contributed by atoms with Crippen molar-refractivity contribution in [3.63, 3.8) is 0 Å². The molecule has 2 rings (SSSR count). The minimum absolute atomic E-state index is 0. The van der Waals surface area contributed by atoms with Crippen molar-refractivity contribution in [1.82, 2.24) is 10.6 Å². The fourth-order valence-corrected chi connectivity index (χ4v) is 2.40. The van der Waals surface area contributed by atoms with Crippen LogP contribution in [0.1, 0.15) is 36.5 Å². The van der Waals surface area contributed by atoms with Gasteiger partial charge < -0.3 is 20.1 Å². The number of para-hydroxylation sites is 1. The van der Waals surface area contributed by atoms with Crippen LogP contribution in [-0.4, -0.2) is 44.9 Å². The number of benzene rings is 1. The molecule has 1 atom stereocenters. The van der Waals surface area contributed by atoms with Crippen molar-refractivity contribution in [2.24, 2.45) is 0 Å². The van der Waals surface area contributed by atoms with Gasteiger partial charge in [-0.25, -0.2) is 0 Å². The van der Waals surface area contributed by atoms with Crippen molar-refractivity contribution in [3.05, 3.63) is 29.8 Å². The molecule has 1 unspecified atom stereocenters. The second kappa shape index (κ2) is 11.3. The molecule has 23 heavy (non-hydrogen) atoms. The summed E-state index contributed by atoms with van der Waals surface area (Å²) in [4.78, 5) is 12.2. The van der Waals surface area contributed by atoms with Crippen molar-refractivity contribution in [1.29, 1.82) is 0 Å². The van der Waals surface area contributed by atoms with Crippen LogP contribution in [0, 0.1) is 0 Å². The first-order chi connectivity index (χ1) is 10.8. The normalized spacial score (nSPS) is 16.7. The minimum atomic E-state index is -0.0961. The van der Waals surface area contributed by atoms with Gasteiger partial charge in [-0.1, -0.05) is 19.1 Å². The zero-order chi connectivity index (χ0) is 15.6. The summed E-state index contributed by atoms with van der Waals surface area (Å²) >= 11 is 0. The Balaban J connectivity index is 0.00000264.